The predicted octanol–water partition coefficient (Wildman–Crippen LogP) is 4.72. The monoisotopic (exact) mass is 343 g/mol. The van der Waals surface area contributed by atoms with Crippen molar-refractivity contribution >= 4 is 15.9 Å². The lowest BCUT2D eigenvalue weighted by Gasteiger charge is -2.16. The third-order valence-electron chi connectivity index (χ3n) is 3.03. The van der Waals surface area contributed by atoms with E-state index in [1.165, 1.54) is 0 Å². The number of halogens is 4. The van der Waals surface area contributed by atoms with Crippen molar-refractivity contribution in [1.82, 2.24) is 5.32 Å². The molecule has 1 atom stereocenters. The lowest BCUT2D eigenvalue weighted by Crippen LogP contribution is -2.18. The molecule has 0 saturated carbocycles. The van der Waals surface area contributed by atoms with E-state index in [-0.39, 0.29) is 12.6 Å². The van der Waals surface area contributed by atoms with Gasteiger partial charge in [-0.25, -0.2) is 13.2 Å². The molecule has 2 aromatic rings. The summed E-state index contributed by atoms with van der Waals surface area (Å²) in [7, 11) is 0. The van der Waals surface area contributed by atoms with E-state index in [0.29, 0.717) is 5.56 Å². The van der Waals surface area contributed by atoms with Gasteiger partial charge in [0, 0.05) is 17.1 Å². The van der Waals surface area contributed by atoms with Gasteiger partial charge in [0.05, 0.1) is 0 Å². The molecule has 0 bridgehead atoms. The van der Waals surface area contributed by atoms with E-state index < -0.39 is 17.5 Å². The molecule has 1 N–H and O–H groups in total. The SMILES string of the molecule is CC(NCc1cc(F)c(F)c(F)c1)c1ccccc1Br. The zero-order chi connectivity index (χ0) is 14.7. The Labute approximate surface area is 123 Å². The highest BCUT2D eigenvalue weighted by molar-refractivity contribution is 9.10. The standard InChI is InChI=1S/C15H13BrF3N/c1-9(11-4-2-3-5-12(11)16)20-8-10-6-13(17)15(19)14(18)7-10/h2-7,9,20H,8H2,1H3. The molecule has 106 valence electrons. The number of benzene rings is 2. The van der Waals surface area contributed by atoms with E-state index in [1.54, 1.807) is 0 Å². The summed E-state index contributed by atoms with van der Waals surface area (Å²) in [6.07, 6.45) is 0. The van der Waals surface area contributed by atoms with Crippen LogP contribution in [0.4, 0.5) is 13.2 Å². The quantitative estimate of drug-likeness (QED) is 0.792. The molecule has 5 heteroatoms. The van der Waals surface area contributed by atoms with E-state index in [4.69, 9.17) is 0 Å². The van der Waals surface area contributed by atoms with Gasteiger partial charge in [0.2, 0.25) is 0 Å². The van der Waals surface area contributed by atoms with Gasteiger partial charge < -0.3 is 5.32 Å². The van der Waals surface area contributed by atoms with Gasteiger partial charge in [0.25, 0.3) is 0 Å². The van der Waals surface area contributed by atoms with Gasteiger partial charge >= 0.3 is 0 Å². The van der Waals surface area contributed by atoms with Crippen molar-refractivity contribution in [3.05, 3.63) is 69.4 Å². The highest BCUT2D eigenvalue weighted by atomic mass is 79.9. The van der Waals surface area contributed by atoms with Crippen molar-refractivity contribution < 1.29 is 13.2 Å². The molecule has 0 aromatic heterocycles. The normalized spacial score (nSPS) is 12.4. The highest BCUT2D eigenvalue weighted by Crippen LogP contribution is 2.23. The van der Waals surface area contributed by atoms with E-state index >= 15 is 0 Å². The molecule has 0 heterocycles. The number of rotatable bonds is 4. The summed E-state index contributed by atoms with van der Waals surface area (Å²) in [5.41, 5.74) is 1.40. The first-order valence-electron chi connectivity index (χ1n) is 6.10. The van der Waals surface area contributed by atoms with Crippen molar-refractivity contribution in [3.8, 4) is 0 Å². The molecule has 1 unspecified atom stereocenters. The van der Waals surface area contributed by atoms with Crippen LogP contribution >= 0.6 is 15.9 Å². The number of hydrogen-bond acceptors (Lipinski definition) is 1. The third kappa shape index (κ3) is 3.41. The Bertz CT molecular complexity index is 593. The van der Waals surface area contributed by atoms with Crippen LogP contribution < -0.4 is 5.32 Å². The second kappa shape index (κ2) is 6.41. The molecule has 1 nitrogen and oxygen atoms in total. The molecule has 2 aromatic carbocycles. The fraction of sp³-hybridized carbons (Fsp3) is 0.200. The third-order valence-corrected chi connectivity index (χ3v) is 3.75. The summed E-state index contributed by atoms with van der Waals surface area (Å²) in [4.78, 5) is 0. The van der Waals surface area contributed by atoms with Crippen LogP contribution in [-0.4, -0.2) is 0 Å². The molecule has 0 spiro atoms. The molecule has 0 radical (unpaired) electrons. The molecule has 0 amide bonds. The van der Waals surface area contributed by atoms with E-state index in [1.807, 2.05) is 31.2 Å². The Morgan fingerprint density at radius 1 is 1.10 bits per heavy atom. The smallest absolute Gasteiger partial charge is 0.194 e. The minimum absolute atomic E-state index is 0.0123. The van der Waals surface area contributed by atoms with Gasteiger partial charge in [-0.2, -0.15) is 0 Å². The fourth-order valence-corrected chi connectivity index (χ4v) is 2.55. The lowest BCUT2D eigenvalue weighted by molar-refractivity contribution is 0.443. The average Bonchev–Trinajstić information content (AvgIpc) is 2.42. The minimum atomic E-state index is -1.44. The van der Waals surface area contributed by atoms with Crippen molar-refractivity contribution in [2.75, 3.05) is 0 Å². The first kappa shape index (κ1) is 15.1. The van der Waals surface area contributed by atoms with E-state index in [2.05, 4.69) is 21.2 Å². The molecule has 0 saturated heterocycles. The summed E-state index contributed by atoms with van der Waals surface area (Å²) < 4.78 is 40.0. The zero-order valence-corrected chi connectivity index (χ0v) is 12.3. The van der Waals surface area contributed by atoms with Gasteiger partial charge in [-0.1, -0.05) is 34.1 Å². The van der Waals surface area contributed by atoms with Crippen LogP contribution in [0.25, 0.3) is 0 Å². The second-order valence-electron chi connectivity index (χ2n) is 4.50. The molecular weight excluding hydrogens is 331 g/mol. The summed E-state index contributed by atoms with van der Waals surface area (Å²) in [6, 6.07) is 9.68. The summed E-state index contributed by atoms with van der Waals surface area (Å²) in [5.74, 6) is -3.78. The first-order valence-corrected chi connectivity index (χ1v) is 6.89. The summed E-state index contributed by atoms with van der Waals surface area (Å²) >= 11 is 3.45. The Hall–Kier alpha value is -1.33. The Morgan fingerprint density at radius 3 is 2.30 bits per heavy atom. The predicted molar refractivity (Wildman–Crippen MR) is 75.7 cm³/mol. The maximum atomic E-state index is 13.1. The van der Waals surface area contributed by atoms with Crippen LogP contribution in [0.3, 0.4) is 0 Å². The van der Waals surface area contributed by atoms with Crippen molar-refractivity contribution in [2.45, 2.75) is 19.5 Å². The van der Waals surface area contributed by atoms with Crippen LogP contribution in [0, 0.1) is 17.5 Å². The topological polar surface area (TPSA) is 12.0 Å². The molecule has 0 fully saturated rings. The Morgan fingerprint density at radius 2 is 1.70 bits per heavy atom. The number of hydrogen-bond donors (Lipinski definition) is 1. The van der Waals surface area contributed by atoms with Crippen LogP contribution in [0.5, 0.6) is 0 Å². The second-order valence-corrected chi connectivity index (χ2v) is 5.35. The average molecular weight is 344 g/mol. The van der Waals surface area contributed by atoms with Crippen LogP contribution in [-0.2, 0) is 6.54 Å². The van der Waals surface area contributed by atoms with Crippen molar-refractivity contribution in [1.29, 1.82) is 0 Å². The Kier molecular flexibility index (Phi) is 4.83. The molecule has 2 rings (SSSR count). The fourth-order valence-electron chi connectivity index (χ4n) is 1.92. The molecule has 20 heavy (non-hydrogen) atoms. The highest BCUT2D eigenvalue weighted by Gasteiger charge is 2.12. The zero-order valence-electron chi connectivity index (χ0n) is 10.8. The molecule has 0 aliphatic rings. The Balaban J connectivity index is 2.07. The van der Waals surface area contributed by atoms with Gasteiger partial charge in [0.15, 0.2) is 17.5 Å². The summed E-state index contributed by atoms with van der Waals surface area (Å²) in [6.45, 7) is 2.19. The van der Waals surface area contributed by atoms with Crippen molar-refractivity contribution in [2.24, 2.45) is 0 Å². The van der Waals surface area contributed by atoms with E-state index in [0.717, 1.165) is 22.2 Å². The first-order chi connectivity index (χ1) is 9.49. The maximum Gasteiger partial charge on any atom is 0.194 e. The van der Waals surface area contributed by atoms with Crippen LogP contribution in [0.2, 0.25) is 0 Å². The van der Waals surface area contributed by atoms with Gasteiger partial charge in [-0.3, -0.25) is 0 Å². The van der Waals surface area contributed by atoms with Crippen LogP contribution in [0.15, 0.2) is 40.9 Å². The minimum Gasteiger partial charge on any atom is -0.306 e. The lowest BCUT2D eigenvalue weighted by atomic mass is 10.1. The van der Waals surface area contributed by atoms with Crippen LogP contribution in [0.1, 0.15) is 24.1 Å². The summed E-state index contributed by atoms with van der Waals surface area (Å²) in [5, 5.41) is 3.14. The van der Waals surface area contributed by atoms with Gasteiger partial charge in [-0.05, 0) is 36.2 Å². The number of nitrogens with one attached hydrogen (secondary N) is 1. The molecule has 0 aliphatic heterocycles. The van der Waals surface area contributed by atoms with Gasteiger partial charge in [0.1, 0.15) is 0 Å². The largest absolute Gasteiger partial charge is 0.306 e. The maximum absolute atomic E-state index is 13.1. The molecular formula is C15H13BrF3N. The molecule has 0 aliphatic carbocycles. The van der Waals surface area contributed by atoms with Crippen molar-refractivity contribution in [3.63, 3.8) is 0 Å². The van der Waals surface area contributed by atoms with Gasteiger partial charge in [-0.15, -0.1) is 0 Å². The van der Waals surface area contributed by atoms with E-state index in [9.17, 15) is 13.2 Å².